The van der Waals surface area contributed by atoms with Crippen LogP contribution >= 0.6 is 0 Å². The summed E-state index contributed by atoms with van der Waals surface area (Å²) in [5.74, 6) is 0.319. The maximum absolute atomic E-state index is 11.8. The molecule has 0 rings (SSSR count). The van der Waals surface area contributed by atoms with E-state index in [-0.39, 0.29) is 6.54 Å². The van der Waals surface area contributed by atoms with Gasteiger partial charge in [0, 0.05) is 6.54 Å². The summed E-state index contributed by atoms with van der Waals surface area (Å²) in [6, 6.07) is 0. The fraction of sp³-hybridized carbons (Fsp3) is 1.00. The van der Waals surface area contributed by atoms with Crippen molar-refractivity contribution in [3.63, 3.8) is 0 Å². The largest absolute Gasteiger partial charge is 0.459 e. The molecule has 0 saturated carbocycles. The maximum Gasteiger partial charge on any atom is 0.459 e. The third-order valence-corrected chi connectivity index (χ3v) is 1.47. The van der Waals surface area contributed by atoms with Crippen LogP contribution in [0.2, 0.25) is 0 Å². The molecule has 0 N–H and O–H groups in total. The monoisotopic (exact) mass is 169 g/mol. The molecule has 1 nitrogen and oxygen atoms in total. The van der Waals surface area contributed by atoms with Crippen molar-refractivity contribution in [3.8, 4) is 0 Å². The van der Waals surface area contributed by atoms with Crippen LogP contribution in [0.15, 0.2) is 0 Å². The number of hydrogen-bond donors (Lipinski definition) is 0. The molecule has 0 spiro atoms. The molecule has 0 aromatic carbocycles. The van der Waals surface area contributed by atoms with Gasteiger partial charge in [-0.3, -0.25) is 0 Å². The van der Waals surface area contributed by atoms with E-state index in [2.05, 4.69) is 0 Å². The summed E-state index contributed by atoms with van der Waals surface area (Å²) < 4.78 is 35.5. The Morgan fingerprint density at radius 1 is 1.27 bits per heavy atom. The van der Waals surface area contributed by atoms with Gasteiger partial charge in [-0.2, -0.15) is 13.2 Å². The number of halogens is 3. The second-order valence-corrected chi connectivity index (χ2v) is 3.07. The minimum Gasteiger partial charge on any atom is -0.217 e. The zero-order valence-corrected chi connectivity index (χ0v) is 7.07. The summed E-state index contributed by atoms with van der Waals surface area (Å²) in [6.07, 6.45) is -3.59. The lowest BCUT2D eigenvalue weighted by atomic mass is 10.1. The van der Waals surface area contributed by atoms with Crippen molar-refractivity contribution in [1.82, 2.24) is 4.90 Å². The van der Waals surface area contributed by atoms with Crippen molar-refractivity contribution in [1.29, 1.82) is 0 Å². The maximum atomic E-state index is 11.8. The molecule has 0 radical (unpaired) electrons. The highest BCUT2D eigenvalue weighted by atomic mass is 19.4. The Bertz CT molecular complexity index is 109. The lowest BCUT2D eigenvalue weighted by molar-refractivity contribution is -0.237. The third-order valence-electron chi connectivity index (χ3n) is 1.47. The average Bonchev–Trinajstić information content (AvgIpc) is 1.80. The van der Waals surface area contributed by atoms with E-state index in [0.29, 0.717) is 17.2 Å². The van der Waals surface area contributed by atoms with E-state index in [1.54, 1.807) is 0 Å². The first kappa shape index (κ1) is 10.8. The minimum absolute atomic E-state index is 0.0845. The summed E-state index contributed by atoms with van der Waals surface area (Å²) in [5.41, 5.74) is 0. The van der Waals surface area contributed by atoms with Gasteiger partial charge in [-0.25, -0.2) is 4.90 Å². The van der Waals surface area contributed by atoms with Crippen LogP contribution < -0.4 is 0 Å². The highest BCUT2D eigenvalue weighted by Gasteiger charge is 2.33. The highest BCUT2D eigenvalue weighted by molar-refractivity contribution is 4.55. The van der Waals surface area contributed by atoms with E-state index in [4.69, 9.17) is 0 Å². The van der Waals surface area contributed by atoms with Crippen molar-refractivity contribution in [3.05, 3.63) is 0 Å². The topological polar surface area (TPSA) is 3.24 Å². The van der Waals surface area contributed by atoms with E-state index in [1.807, 2.05) is 13.8 Å². The Balaban J connectivity index is 3.61. The van der Waals surface area contributed by atoms with Crippen LogP contribution in [0.4, 0.5) is 13.2 Å². The third kappa shape index (κ3) is 5.07. The van der Waals surface area contributed by atoms with Crippen LogP contribution in [0.5, 0.6) is 0 Å². The van der Waals surface area contributed by atoms with Crippen molar-refractivity contribution in [2.75, 3.05) is 13.6 Å². The standard InChI is InChI=1S/C7H14F3N/c1-6(2)4-5-11(3)7(8,9)10/h6H,4-5H2,1-3H3. The zero-order valence-electron chi connectivity index (χ0n) is 7.07. The summed E-state index contributed by atoms with van der Waals surface area (Å²) >= 11 is 0. The lowest BCUT2D eigenvalue weighted by Gasteiger charge is -2.20. The Morgan fingerprint density at radius 3 is 2.00 bits per heavy atom. The van der Waals surface area contributed by atoms with Crippen LogP contribution in [0.3, 0.4) is 0 Å². The molecule has 0 amide bonds. The summed E-state index contributed by atoms with van der Waals surface area (Å²) in [6.45, 7) is 3.90. The second-order valence-electron chi connectivity index (χ2n) is 3.07. The van der Waals surface area contributed by atoms with Crippen molar-refractivity contribution >= 4 is 0 Å². The predicted molar refractivity (Wildman–Crippen MR) is 38.1 cm³/mol. The van der Waals surface area contributed by atoms with Gasteiger partial charge < -0.3 is 0 Å². The van der Waals surface area contributed by atoms with Gasteiger partial charge in [-0.05, 0) is 19.4 Å². The van der Waals surface area contributed by atoms with E-state index < -0.39 is 6.30 Å². The molecule has 0 aromatic rings. The van der Waals surface area contributed by atoms with Gasteiger partial charge in [-0.1, -0.05) is 13.8 Å². The Labute approximate surface area is 65.2 Å². The van der Waals surface area contributed by atoms with Crippen LogP contribution in [-0.4, -0.2) is 24.8 Å². The van der Waals surface area contributed by atoms with Gasteiger partial charge in [0.05, 0.1) is 0 Å². The molecule has 0 aliphatic rings. The zero-order chi connectivity index (χ0) is 9.07. The van der Waals surface area contributed by atoms with E-state index in [1.165, 1.54) is 0 Å². The quantitative estimate of drug-likeness (QED) is 0.587. The second kappa shape index (κ2) is 3.95. The van der Waals surface area contributed by atoms with E-state index in [0.717, 1.165) is 7.05 Å². The first-order valence-corrected chi connectivity index (χ1v) is 3.62. The van der Waals surface area contributed by atoms with Gasteiger partial charge in [0.2, 0.25) is 0 Å². The first-order chi connectivity index (χ1) is 4.84. The summed E-state index contributed by atoms with van der Waals surface area (Å²) in [5, 5.41) is 0. The molecular weight excluding hydrogens is 155 g/mol. The molecule has 68 valence electrons. The van der Waals surface area contributed by atoms with E-state index in [9.17, 15) is 13.2 Å². The van der Waals surface area contributed by atoms with Crippen LogP contribution in [0.25, 0.3) is 0 Å². The molecule has 0 aliphatic carbocycles. The predicted octanol–water partition coefficient (Wildman–Crippen LogP) is 2.48. The molecule has 4 heteroatoms. The number of rotatable bonds is 3. The van der Waals surface area contributed by atoms with Crippen molar-refractivity contribution in [2.45, 2.75) is 26.6 Å². The number of alkyl halides is 3. The van der Waals surface area contributed by atoms with E-state index >= 15 is 0 Å². The Kier molecular flexibility index (Phi) is 3.86. The van der Waals surface area contributed by atoms with Gasteiger partial charge in [0.25, 0.3) is 0 Å². The normalized spacial score (nSPS) is 13.1. The number of hydrogen-bond acceptors (Lipinski definition) is 1. The highest BCUT2D eigenvalue weighted by Crippen LogP contribution is 2.19. The van der Waals surface area contributed by atoms with Gasteiger partial charge in [0.15, 0.2) is 0 Å². The molecule has 0 unspecified atom stereocenters. The van der Waals surface area contributed by atoms with Gasteiger partial charge in [-0.15, -0.1) is 0 Å². The molecule has 0 heterocycles. The molecule has 0 saturated heterocycles. The molecule has 11 heavy (non-hydrogen) atoms. The summed E-state index contributed by atoms with van der Waals surface area (Å²) in [4.78, 5) is 0.410. The summed E-state index contributed by atoms with van der Waals surface area (Å²) in [7, 11) is 1.07. The van der Waals surface area contributed by atoms with Crippen LogP contribution in [0, 0.1) is 5.92 Å². The SMILES string of the molecule is CC(C)CCN(C)C(F)(F)F. The van der Waals surface area contributed by atoms with Crippen LogP contribution in [-0.2, 0) is 0 Å². The average molecular weight is 169 g/mol. The Hall–Kier alpha value is -0.250. The lowest BCUT2D eigenvalue weighted by Crippen LogP contribution is -2.35. The number of nitrogens with zero attached hydrogens (tertiary/aromatic N) is 1. The minimum atomic E-state index is -4.17. The fourth-order valence-electron chi connectivity index (χ4n) is 0.579. The van der Waals surface area contributed by atoms with Gasteiger partial charge >= 0.3 is 6.30 Å². The van der Waals surface area contributed by atoms with Crippen LogP contribution in [0.1, 0.15) is 20.3 Å². The molecule has 0 aromatic heterocycles. The molecular formula is C7H14F3N. The molecule has 0 atom stereocenters. The molecule has 0 aliphatic heterocycles. The molecule has 0 fully saturated rings. The smallest absolute Gasteiger partial charge is 0.217 e. The van der Waals surface area contributed by atoms with Crippen molar-refractivity contribution < 1.29 is 13.2 Å². The first-order valence-electron chi connectivity index (χ1n) is 3.62. The van der Waals surface area contributed by atoms with Crippen molar-refractivity contribution in [2.24, 2.45) is 5.92 Å². The molecule has 0 bridgehead atoms. The van der Waals surface area contributed by atoms with Gasteiger partial charge in [0.1, 0.15) is 0 Å². The Morgan fingerprint density at radius 2 is 1.73 bits per heavy atom. The fourth-order valence-corrected chi connectivity index (χ4v) is 0.579.